The quantitative estimate of drug-likeness (QED) is 0.616. The number of benzene rings is 1. The van der Waals surface area contributed by atoms with Crippen LogP contribution >= 0.6 is 0 Å². The summed E-state index contributed by atoms with van der Waals surface area (Å²) >= 11 is 0. The van der Waals surface area contributed by atoms with Crippen LogP contribution in [0.4, 0.5) is 34.6 Å². The van der Waals surface area contributed by atoms with Gasteiger partial charge in [-0.05, 0) is 37.3 Å². The first kappa shape index (κ1) is 16.5. The van der Waals surface area contributed by atoms with Crippen molar-refractivity contribution in [2.45, 2.75) is 6.92 Å². The lowest BCUT2D eigenvalue weighted by Gasteiger charge is -2.13. The van der Waals surface area contributed by atoms with Crippen LogP contribution in [0.5, 0.6) is 0 Å². The molecule has 0 atom stereocenters. The van der Waals surface area contributed by atoms with Crippen LogP contribution in [0.15, 0.2) is 48.8 Å². The fourth-order valence-corrected chi connectivity index (χ4v) is 2.24. The topological polar surface area (TPSA) is 92.0 Å². The Bertz CT molecular complexity index is 860. The molecule has 3 rings (SSSR count). The maximum Gasteiger partial charge on any atom is 0.229 e. The molecule has 0 saturated carbocycles. The maximum atomic E-state index is 5.82. The normalized spacial score (nSPS) is 10.4. The van der Waals surface area contributed by atoms with E-state index in [0.717, 1.165) is 28.6 Å². The van der Waals surface area contributed by atoms with Crippen molar-refractivity contribution in [3.05, 3.63) is 54.4 Å². The third-order valence-electron chi connectivity index (χ3n) is 3.58. The predicted molar refractivity (Wildman–Crippen MR) is 103 cm³/mol. The lowest BCUT2D eigenvalue weighted by molar-refractivity contribution is 1.07. The van der Waals surface area contributed by atoms with Crippen LogP contribution in [-0.4, -0.2) is 29.0 Å². The fraction of sp³-hybridized carbons (Fsp3) is 0.167. The minimum absolute atomic E-state index is 0.497. The van der Waals surface area contributed by atoms with E-state index in [1.165, 1.54) is 0 Å². The number of aryl methyl sites for hydroxylation is 1. The van der Waals surface area contributed by atoms with Crippen molar-refractivity contribution in [1.82, 2.24) is 15.0 Å². The van der Waals surface area contributed by atoms with E-state index in [0.29, 0.717) is 11.6 Å². The van der Waals surface area contributed by atoms with Crippen molar-refractivity contribution in [3.63, 3.8) is 0 Å². The van der Waals surface area contributed by atoms with Crippen LogP contribution in [0.3, 0.4) is 0 Å². The third-order valence-corrected chi connectivity index (χ3v) is 3.58. The van der Waals surface area contributed by atoms with Gasteiger partial charge in [0.1, 0.15) is 11.6 Å². The first-order chi connectivity index (χ1) is 12.0. The van der Waals surface area contributed by atoms with Crippen LogP contribution in [0.25, 0.3) is 0 Å². The highest BCUT2D eigenvalue weighted by Gasteiger charge is 2.06. The van der Waals surface area contributed by atoms with Crippen LogP contribution in [0.2, 0.25) is 0 Å². The zero-order valence-corrected chi connectivity index (χ0v) is 14.5. The van der Waals surface area contributed by atoms with Crippen molar-refractivity contribution in [3.8, 4) is 0 Å². The molecule has 0 bridgehead atoms. The second-order valence-corrected chi connectivity index (χ2v) is 5.90. The second kappa shape index (κ2) is 7.04. The minimum atomic E-state index is 0.497. The molecule has 7 heteroatoms. The van der Waals surface area contributed by atoms with Crippen molar-refractivity contribution in [2.75, 3.05) is 35.4 Å². The standard InChI is InChI=1S/C18H21N7/c1-12-10-21-18(23-15-7-8-16(20-11-15)25(2)3)24-17(12)22-14-6-4-5-13(19)9-14/h4-11H,19H2,1-3H3,(H2,21,22,23,24). The number of hydrogen-bond acceptors (Lipinski definition) is 7. The van der Waals surface area contributed by atoms with Crippen LogP contribution in [0, 0.1) is 6.92 Å². The van der Waals surface area contributed by atoms with Gasteiger partial charge in [0, 0.05) is 37.2 Å². The molecule has 0 aliphatic rings. The molecule has 0 fully saturated rings. The molecule has 3 aromatic rings. The number of rotatable bonds is 5. The highest BCUT2D eigenvalue weighted by molar-refractivity contribution is 5.64. The number of aromatic nitrogens is 3. The van der Waals surface area contributed by atoms with E-state index in [-0.39, 0.29) is 0 Å². The van der Waals surface area contributed by atoms with E-state index in [2.05, 4.69) is 25.6 Å². The fourth-order valence-electron chi connectivity index (χ4n) is 2.24. The minimum Gasteiger partial charge on any atom is -0.399 e. The summed E-state index contributed by atoms with van der Waals surface area (Å²) in [6, 6.07) is 11.4. The van der Waals surface area contributed by atoms with Crippen LogP contribution < -0.4 is 21.3 Å². The zero-order valence-electron chi connectivity index (χ0n) is 14.5. The highest BCUT2D eigenvalue weighted by Crippen LogP contribution is 2.22. The molecule has 128 valence electrons. The Kier molecular flexibility index (Phi) is 4.65. The molecule has 0 radical (unpaired) electrons. The van der Waals surface area contributed by atoms with Crippen molar-refractivity contribution in [1.29, 1.82) is 0 Å². The molecule has 2 aromatic heterocycles. The predicted octanol–water partition coefficient (Wildman–Crippen LogP) is 3.32. The summed E-state index contributed by atoms with van der Waals surface area (Å²) in [6.45, 7) is 1.95. The number of nitrogens with one attached hydrogen (secondary N) is 2. The van der Waals surface area contributed by atoms with Gasteiger partial charge in [-0.3, -0.25) is 0 Å². The van der Waals surface area contributed by atoms with Gasteiger partial charge in [0.25, 0.3) is 0 Å². The average molecular weight is 335 g/mol. The van der Waals surface area contributed by atoms with E-state index in [4.69, 9.17) is 5.73 Å². The van der Waals surface area contributed by atoms with E-state index in [9.17, 15) is 0 Å². The number of nitrogen functional groups attached to an aromatic ring is 1. The zero-order chi connectivity index (χ0) is 17.8. The molecule has 0 saturated heterocycles. The Morgan fingerprint density at radius 2 is 1.80 bits per heavy atom. The molecule has 1 aromatic carbocycles. The number of anilines is 6. The van der Waals surface area contributed by atoms with Crippen LogP contribution in [0.1, 0.15) is 5.56 Å². The number of nitrogens with zero attached hydrogens (tertiary/aromatic N) is 4. The van der Waals surface area contributed by atoms with E-state index in [1.807, 2.05) is 62.3 Å². The Balaban J connectivity index is 1.79. The molecule has 0 aliphatic heterocycles. The van der Waals surface area contributed by atoms with Gasteiger partial charge < -0.3 is 21.3 Å². The van der Waals surface area contributed by atoms with Gasteiger partial charge in [-0.1, -0.05) is 6.07 Å². The summed E-state index contributed by atoms with van der Waals surface area (Å²) in [7, 11) is 3.90. The van der Waals surface area contributed by atoms with Crippen molar-refractivity contribution < 1.29 is 0 Å². The molecule has 7 nitrogen and oxygen atoms in total. The first-order valence-electron chi connectivity index (χ1n) is 7.88. The van der Waals surface area contributed by atoms with Gasteiger partial charge in [0.15, 0.2) is 0 Å². The number of nitrogens with two attached hydrogens (primary N) is 1. The van der Waals surface area contributed by atoms with Gasteiger partial charge >= 0.3 is 0 Å². The molecule has 2 heterocycles. The number of hydrogen-bond donors (Lipinski definition) is 3. The van der Waals surface area contributed by atoms with E-state index < -0.39 is 0 Å². The Labute approximate surface area is 146 Å². The lowest BCUT2D eigenvalue weighted by Crippen LogP contribution is -2.10. The summed E-state index contributed by atoms with van der Waals surface area (Å²) in [5.74, 6) is 2.11. The smallest absolute Gasteiger partial charge is 0.229 e. The average Bonchev–Trinajstić information content (AvgIpc) is 2.58. The summed E-state index contributed by atoms with van der Waals surface area (Å²) < 4.78 is 0. The van der Waals surface area contributed by atoms with Gasteiger partial charge in [-0.25, -0.2) is 9.97 Å². The van der Waals surface area contributed by atoms with Gasteiger partial charge in [0.05, 0.1) is 11.9 Å². The van der Waals surface area contributed by atoms with Gasteiger partial charge in [-0.2, -0.15) is 4.98 Å². The summed E-state index contributed by atoms with van der Waals surface area (Å²) in [4.78, 5) is 15.2. The lowest BCUT2D eigenvalue weighted by atomic mass is 10.2. The van der Waals surface area contributed by atoms with Gasteiger partial charge in [-0.15, -0.1) is 0 Å². The Morgan fingerprint density at radius 3 is 2.48 bits per heavy atom. The SMILES string of the molecule is Cc1cnc(Nc2ccc(N(C)C)nc2)nc1Nc1cccc(N)c1. The van der Waals surface area contributed by atoms with E-state index in [1.54, 1.807) is 12.4 Å². The first-order valence-corrected chi connectivity index (χ1v) is 7.88. The maximum absolute atomic E-state index is 5.82. The van der Waals surface area contributed by atoms with Gasteiger partial charge in [0.2, 0.25) is 5.95 Å². The second-order valence-electron chi connectivity index (χ2n) is 5.90. The largest absolute Gasteiger partial charge is 0.399 e. The molecule has 0 aliphatic carbocycles. The Morgan fingerprint density at radius 1 is 0.960 bits per heavy atom. The molecule has 0 spiro atoms. The summed E-state index contributed by atoms with van der Waals surface area (Å²) in [5, 5.41) is 6.44. The third kappa shape index (κ3) is 4.14. The monoisotopic (exact) mass is 335 g/mol. The van der Waals surface area contributed by atoms with Crippen molar-refractivity contribution >= 4 is 34.6 Å². The number of pyridine rings is 1. The summed E-state index contributed by atoms with van der Waals surface area (Å²) in [6.07, 6.45) is 3.52. The molecule has 0 amide bonds. The molecular formula is C18H21N7. The highest BCUT2D eigenvalue weighted by atomic mass is 15.2. The van der Waals surface area contributed by atoms with Crippen molar-refractivity contribution in [2.24, 2.45) is 0 Å². The molecular weight excluding hydrogens is 314 g/mol. The molecule has 0 unspecified atom stereocenters. The molecule has 4 N–H and O–H groups in total. The van der Waals surface area contributed by atoms with Crippen LogP contribution in [-0.2, 0) is 0 Å². The Hall–Kier alpha value is -3.35. The molecule has 25 heavy (non-hydrogen) atoms. The van der Waals surface area contributed by atoms with E-state index >= 15 is 0 Å². The summed E-state index contributed by atoms with van der Waals surface area (Å²) in [5.41, 5.74) is 9.16.